The Morgan fingerprint density at radius 2 is 2.00 bits per heavy atom. The fourth-order valence-electron chi connectivity index (χ4n) is 1.72. The van der Waals surface area contributed by atoms with Crippen LogP contribution >= 0.6 is 0 Å². The van der Waals surface area contributed by atoms with Gasteiger partial charge in [-0.1, -0.05) is 39.8 Å². The van der Waals surface area contributed by atoms with E-state index in [-0.39, 0.29) is 5.97 Å². The highest BCUT2D eigenvalue weighted by Gasteiger charge is 2.17. The van der Waals surface area contributed by atoms with Crippen molar-refractivity contribution in [2.24, 2.45) is 5.92 Å². The number of para-hydroxylation sites is 1. The minimum atomic E-state index is -0.296. The van der Waals surface area contributed by atoms with E-state index in [2.05, 4.69) is 6.92 Å². The van der Waals surface area contributed by atoms with Crippen molar-refractivity contribution in [3.63, 3.8) is 0 Å². The predicted molar refractivity (Wildman–Crippen MR) is 76.7 cm³/mol. The van der Waals surface area contributed by atoms with Crippen molar-refractivity contribution in [1.29, 1.82) is 0 Å². The van der Waals surface area contributed by atoms with Crippen LogP contribution in [0.2, 0.25) is 0 Å². The van der Waals surface area contributed by atoms with Gasteiger partial charge in [-0.15, -0.1) is 0 Å². The molecule has 0 heterocycles. The van der Waals surface area contributed by atoms with Crippen LogP contribution in [-0.4, -0.2) is 19.2 Å². The molecule has 0 atom stereocenters. The summed E-state index contributed by atoms with van der Waals surface area (Å²) in [5.74, 6) is 0.717. The van der Waals surface area contributed by atoms with Crippen LogP contribution in [0.4, 0.5) is 0 Å². The van der Waals surface area contributed by atoms with E-state index in [0.29, 0.717) is 30.4 Å². The summed E-state index contributed by atoms with van der Waals surface area (Å²) >= 11 is 0. The van der Waals surface area contributed by atoms with E-state index in [1.54, 1.807) is 6.07 Å². The summed E-state index contributed by atoms with van der Waals surface area (Å²) in [5, 5.41) is 0. The zero-order valence-corrected chi connectivity index (χ0v) is 12.4. The van der Waals surface area contributed by atoms with Crippen molar-refractivity contribution in [1.82, 2.24) is 0 Å². The number of hydrogen-bond acceptors (Lipinski definition) is 3. The average Bonchev–Trinajstić information content (AvgIpc) is 2.41. The number of carbonyl (C=O) groups excluding carboxylic acids is 1. The molecule has 0 aliphatic heterocycles. The fourth-order valence-corrected chi connectivity index (χ4v) is 1.72. The first-order valence-corrected chi connectivity index (χ1v) is 7.01. The number of benzene rings is 1. The van der Waals surface area contributed by atoms with Gasteiger partial charge in [-0.25, -0.2) is 4.79 Å². The molecular formula is C16H24O3. The minimum absolute atomic E-state index is 0.296. The SMILES string of the molecule is CCCOc1c(CC)cccc1C(=O)OCC(C)C. The molecule has 1 aromatic rings. The normalized spacial score (nSPS) is 10.6. The van der Waals surface area contributed by atoms with Crippen LogP contribution < -0.4 is 4.74 Å². The van der Waals surface area contributed by atoms with Gasteiger partial charge in [-0.2, -0.15) is 0 Å². The van der Waals surface area contributed by atoms with Gasteiger partial charge in [0.05, 0.1) is 13.2 Å². The molecule has 0 fully saturated rings. The third-order valence-electron chi connectivity index (χ3n) is 2.70. The smallest absolute Gasteiger partial charge is 0.341 e. The monoisotopic (exact) mass is 264 g/mol. The Kier molecular flexibility index (Phi) is 6.40. The van der Waals surface area contributed by atoms with Gasteiger partial charge in [-0.3, -0.25) is 0 Å². The Balaban J connectivity index is 2.94. The molecule has 0 saturated heterocycles. The maximum Gasteiger partial charge on any atom is 0.341 e. The molecule has 0 radical (unpaired) electrons. The number of rotatable bonds is 7. The molecular weight excluding hydrogens is 240 g/mol. The van der Waals surface area contributed by atoms with Crippen LogP contribution in [0.15, 0.2) is 18.2 Å². The largest absolute Gasteiger partial charge is 0.492 e. The van der Waals surface area contributed by atoms with Gasteiger partial charge in [0.15, 0.2) is 0 Å². The number of esters is 1. The quantitative estimate of drug-likeness (QED) is 0.702. The molecule has 0 amide bonds. The molecule has 3 heteroatoms. The van der Waals surface area contributed by atoms with Crippen molar-refractivity contribution in [2.75, 3.05) is 13.2 Å². The lowest BCUT2D eigenvalue weighted by atomic mass is 10.1. The summed E-state index contributed by atoms with van der Waals surface area (Å²) < 4.78 is 11.0. The maximum absolute atomic E-state index is 12.1. The summed E-state index contributed by atoms with van der Waals surface area (Å²) in [5.41, 5.74) is 1.58. The van der Waals surface area contributed by atoms with Gasteiger partial charge in [0.25, 0.3) is 0 Å². The van der Waals surface area contributed by atoms with Gasteiger partial charge < -0.3 is 9.47 Å². The Morgan fingerprint density at radius 1 is 1.26 bits per heavy atom. The highest BCUT2D eigenvalue weighted by atomic mass is 16.5. The lowest BCUT2D eigenvalue weighted by molar-refractivity contribution is 0.0454. The molecule has 1 aromatic carbocycles. The lowest BCUT2D eigenvalue weighted by Gasteiger charge is -2.15. The Morgan fingerprint density at radius 3 is 2.58 bits per heavy atom. The van der Waals surface area contributed by atoms with Crippen LogP contribution in [-0.2, 0) is 11.2 Å². The second-order valence-electron chi connectivity index (χ2n) is 4.99. The average molecular weight is 264 g/mol. The molecule has 0 bridgehead atoms. The van der Waals surface area contributed by atoms with E-state index in [0.717, 1.165) is 18.4 Å². The number of carbonyl (C=O) groups is 1. The molecule has 0 aliphatic carbocycles. The van der Waals surface area contributed by atoms with E-state index in [9.17, 15) is 4.79 Å². The summed E-state index contributed by atoms with van der Waals surface area (Å²) in [6.07, 6.45) is 1.75. The zero-order valence-electron chi connectivity index (χ0n) is 12.4. The summed E-state index contributed by atoms with van der Waals surface area (Å²) in [6, 6.07) is 5.64. The molecule has 1 rings (SSSR count). The fraction of sp³-hybridized carbons (Fsp3) is 0.562. The van der Waals surface area contributed by atoms with Crippen LogP contribution in [0.3, 0.4) is 0 Å². The summed E-state index contributed by atoms with van der Waals surface area (Å²) in [7, 11) is 0. The molecule has 3 nitrogen and oxygen atoms in total. The van der Waals surface area contributed by atoms with Gasteiger partial charge in [0.2, 0.25) is 0 Å². The van der Waals surface area contributed by atoms with Crippen molar-refractivity contribution in [3.05, 3.63) is 29.3 Å². The topological polar surface area (TPSA) is 35.5 Å². The van der Waals surface area contributed by atoms with Crippen molar-refractivity contribution < 1.29 is 14.3 Å². The third-order valence-corrected chi connectivity index (χ3v) is 2.70. The number of ether oxygens (including phenoxy) is 2. The molecule has 19 heavy (non-hydrogen) atoms. The van der Waals surface area contributed by atoms with Crippen molar-refractivity contribution in [3.8, 4) is 5.75 Å². The van der Waals surface area contributed by atoms with Crippen LogP contribution in [0, 0.1) is 5.92 Å². The summed E-state index contributed by atoms with van der Waals surface area (Å²) in [6.45, 7) is 9.18. The first-order valence-electron chi connectivity index (χ1n) is 7.01. The second-order valence-corrected chi connectivity index (χ2v) is 4.99. The Labute approximate surface area is 115 Å². The maximum atomic E-state index is 12.1. The van der Waals surface area contributed by atoms with Crippen LogP contribution in [0.25, 0.3) is 0 Å². The second kappa shape index (κ2) is 7.82. The minimum Gasteiger partial charge on any atom is -0.492 e. The molecule has 0 aliphatic rings. The number of aryl methyl sites for hydroxylation is 1. The Hall–Kier alpha value is -1.51. The lowest BCUT2D eigenvalue weighted by Crippen LogP contribution is -2.13. The van der Waals surface area contributed by atoms with E-state index >= 15 is 0 Å². The zero-order chi connectivity index (χ0) is 14.3. The van der Waals surface area contributed by atoms with Gasteiger partial charge in [0, 0.05) is 0 Å². The van der Waals surface area contributed by atoms with Gasteiger partial charge >= 0.3 is 5.97 Å². The number of hydrogen-bond donors (Lipinski definition) is 0. The third kappa shape index (κ3) is 4.58. The Bertz CT molecular complexity index is 410. The highest BCUT2D eigenvalue weighted by Crippen LogP contribution is 2.26. The highest BCUT2D eigenvalue weighted by molar-refractivity contribution is 5.93. The molecule has 0 unspecified atom stereocenters. The molecule has 106 valence electrons. The van der Waals surface area contributed by atoms with E-state index in [4.69, 9.17) is 9.47 Å². The summed E-state index contributed by atoms with van der Waals surface area (Å²) in [4.78, 5) is 12.1. The van der Waals surface area contributed by atoms with E-state index in [1.807, 2.05) is 32.9 Å². The molecule has 0 spiro atoms. The van der Waals surface area contributed by atoms with Gasteiger partial charge in [-0.05, 0) is 30.4 Å². The first-order chi connectivity index (χ1) is 9.10. The van der Waals surface area contributed by atoms with Crippen LogP contribution in [0.1, 0.15) is 50.0 Å². The van der Waals surface area contributed by atoms with E-state index in [1.165, 1.54) is 0 Å². The first kappa shape index (κ1) is 15.5. The van der Waals surface area contributed by atoms with Crippen molar-refractivity contribution >= 4 is 5.97 Å². The molecule has 0 aromatic heterocycles. The predicted octanol–water partition coefficient (Wildman–Crippen LogP) is 3.85. The van der Waals surface area contributed by atoms with Crippen molar-refractivity contribution in [2.45, 2.75) is 40.5 Å². The van der Waals surface area contributed by atoms with E-state index < -0.39 is 0 Å². The van der Waals surface area contributed by atoms with Gasteiger partial charge in [0.1, 0.15) is 11.3 Å². The van der Waals surface area contributed by atoms with Crippen LogP contribution in [0.5, 0.6) is 5.75 Å². The molecule has 0 saturated carbocycles. The molecule has 0 N–H and O–H groups in total. The standard InChI is InChI=1S/C16H24O3/c1-5-10-18-15-13(6-2)8-7-9-14(15)16(17)19-11-12(3)4/h7-9,12H,5-6,10-11H2,1-4H3.